The minimum atomic E-state index is -0.548. The first-order valence-electron chi connectivity index (χ1n) is 15.5. The topological polar surface area (TPSA) is 52.6 Å². The van der Waals surface area contributed by atoms with Gasteiger partial charge in [0.25, 0.3) is 0 Å². The van der Waals surface area contributed by atoms with E-state index in [1.165, 1.54) is 51.9 Å². The van der Waals surface area contributed by atoms with E-state index in [-0.39, 0.29) is 23.5 Å². The van der Waals surface area contributed by atoms with Gasteiger partial charge in [0, 0.05) is 19.3 Å². The molecule has 0 N–H and O–H groups in total. The maximum Gasteiger partial charge on any atom is 0.303 e. The number of hydrogen-bond acceptors (Lipinski definition) is 4. The molecule has 0 saturated heterocycles. The van der Waals surface area contributed by atoms with Gasteiger partial charge in [0.05, 0.1) is 0 Å². The van der Waals surface area contributed by atoms with Crippen LogP contribution < -0.4 is 0 Å². The zero-order chi connectivity index (χ0) is 28.3. The summed E-state index contributed by atoms with van der Waals surface area (Å²) in [6.45, 7) is 22.1. The molecule has 38 heavy (non-hydrogen) atoms. The molecule has 0 heterocycles. The molecule has 4 rings (SSSR count). The average Bonchev–Trinajstić information content (AvgIpc) is 3.06. The largest absolute Gasteiger partial charge is 0.462 e. The number of esters is 2. The van der Waals surface area contributed by atoms with E-state index in [1.807, 2.05) is 13.8 Å². The van der Waals surface area contributed by atoms with Crippen LogP contribution in [0.2, 0.25) is 0 Å². The number of rotatable bonds is 6. The second kappa shape index (κ2) is 9.95. The Kier molecular flexibility index (Phi) is 7.76. The van der Waals surface area contributed by atoms with Gasteiger partial charge in [-0.1, -0.05) is 47.6 Å². The van der Waals surface area contributed by atoms with Crippen molar-refractivity contribution in [2.75, 3.05) is 0 Å². The van der Waals surface area contributed by atoms with Crippen molar-refractivity contribution < 1.29 is 19.1 Å². The highest BCUT2D eigenvalue weighted by Crippen LogP contribution is 2.74. The van der Waals surface area contributed by atoms with Gasteiger partial charge in [0.2, 0.25) is 0 Å². The molecule has 4 fully saturated rings. The highest BCUT2D eigenvalue weighted by molar-refractivity contribution is 5.66. The first-order valence-corrected chi connectivity index (χ1v) is 15.5. The number of carbonyl (C=O) groups is 2. The van der Waals surface area contributed by atoms with Crippen molar-refractivity contribution in [2.24, 2.45) is 51.2 Å². The molecule has 9 atom stereocenters. The van der Waals surface area contributed by atoms with Gasteiger partial charge in [-0.2, -0.15) is 0 Å². The van der Waals surface area contributed by atoms with Gasteiger partial charge >= 0.3 is 11.9 Å². The average molecular weight is 529 g/mol. The molecule has 0 unspecified atom stereocenters. The second-order valence-electron chi connectivity index (χ2n) is 15.6. The van der Waals surface area contributed by atoms with Crippen LogP contribution in [0.15, 0.2) is 12.2 Å². The molecular weight excluding hydrogens is 472 g/mol. The summed E-state index contributed by atoms with van der Waals surface area (Å²) in [4.78, 5) is 23.3. The highest BCUT2D eigenvalue weighted by atomic mass is 16.6. The van der Waals surface area contributed by atoms with Gasteiger partial charge in [-0.3, -0.25) is 9.59 Å². The molecule has 4 nitrogen and oxygen atoms in total. The normalized spacial score (nSPS) is 43.1. The summed E-state index contributed by atoms with van der Waals surface area (Å²) in [5.74, 6) is 3.18. The Morgan fingerprint density at radius 1 is 0.868 bits per heavy atom. The van der Waals surface area contributed by atoms with Gasteiger partial charge in [-0.25, -0.2) is 0 Å². The van der Waals surface area contributed by atoms with Gasteiger partial charge in [0.15, 0.2) is 0 Å². The molecule has 0 aromatic carbocycles. The summed E-state index contributed by atoms with van der Waals surface area (Å²) in [6, 6.07) is 0. The third kappa shape index (κ3) is 4.78. The fourth-order valence-corrected chi connectivity index (χ4v) is 11.0. The second-order valence-corrected chi connectivity index (χ2v) is 15.6. The van der Waals surface area contributed by atoms with Crippen LogP contribution in [0.3, 0.4) is 0 Å². The van der Waals surface area contributed by atoms with E-state index in [9.17, 15) is 9.59 Å². The lowest BCUT2D eigenvalue weighted by Gasteiger charge is -2.67. The monoisotopic (exact) mass is 528 g/mol. The smallest absolute Gasteiger partial charge is 0.303 e. The summed E-state index contributed by atoms with van der Waals surface area (Å²) in [6.07, 6.45) is 15.6. The molecule has 0 amide bonds. The predicted molar refractivity (Wildman–Crippen MR) is 153 cm³/mol. The first-order chi connectivity index (χ1) is 17.5. The Bertz CT molecular complexity index is 948. The van der Waals surface area contributed by atoms with Crippen LogP contribution in [0.1, 0.15) is 127 Å². The SMILES string of the molecule is CC(=O)O[C@H]1CC[C@]2(C)[C@H]3CC[C@]4(C)[C@@H]([C@H](C)C/C=C/C(C)(C)OC(C)=O)CC[C@@]4(C)[C@@H]3CC[C@H]2C1(C)C. The van der Waals surface area contributed by atoms with E-state index >= 15 is 0 Å². The minimum absolute atomic E-state index is 0.0320. The third-order valence-electron chi connectivity index (χ3n) is 12.9. The first kappa shape index (κ1) is 29.7. The highest BCUT2D eigenvalue weighted by Gasteiger charge is 2.67. The molecule has 0 radical (unpaired) electrons. The van der Waals surface area contributed by atoms with E-state index < -0.39 is 5.60 Å². The van der Waals surface area contributed by atoms with Crippen molar-refractivity contribution in [1.29, 1.82) is 0 Å². The molecule has 4 heteroatoms. The molecule has 4 aliphatic rings. The fraction of sp³-hybridized carbons (Fsp3) is 0.882. The number of carbonyl (C=O) groups excluding carboxylic acids is 2. The number of fused-ring (bicyclic) bond motifs is 5. The molecule has 4 aliphatic carbocycles. The zero-order valence-corrected chi connectivity index (χ0v) is 26.1. The lowest BCUT2D eigenvalue weighted by molar-refractivity contribution is -0.209. The minimum Gasteiger partial charge on any atom is -0.462 e. The molecule has 4 saturated carbocycles. The van der Waals surface area contributed by atoms with Crippen molar-refractivity contribution in [3.63, 3.8) is 0 Å². The van der Waals surface area contributed by atoms with Gasteiger partial charge in [-0.15, -0.1) is 0 Å². The van der Waals surface area contributed by atoms with Crippen LogP contribution in [0.25, 0.3) is 0 Å². The summed E-state index contributed by atoms with van der Waals surface area (Å²) < 4.78 is 11.4. The molecular formula is C34H56O4. The molecule has 216 valence electrons. The van der Waals surface area contributed by atoms with E-state index in [0.717, 1.165) is 30.6 Å². The van der Waals surface area contributed by atoms with Crippen molar-refractivity contribution in [3.8, 4) is 0 Å². The summed E-state index contributed by atoms with van der Waals surface area (Å²) in [5.41, 5.74) is 0.585. The Balaban J connectivity index is 1.51. The van der Waals surface area contributed by atoms with Crippen molar-refractivity contribution in [1.82, 2.24) is 0 Å². The van der Waals surface area contributed by atoms with Crippen LogP contribution in [-0.2, 0) is 19.1 Å². The molecule has 0 aromatic heterocycles. The van der Waals surface area contributed by atoms with E-state index in [2.05, 4.69) is 53.7 Å². The quantitative estimate of drug-likeness (QED) is 0.256. The third-order valence-corrected chi connectivity index (χ3v) is 12.9. The van der Waals surface area contributed by atoms with Crippen molar-refractivity contribution >= 4 is 11.9 Å². The Morgan fingerprint density at radius 3 is 2.16 bits per heavy atom. The molecule has 0 bridgehead atoms. The Hall–Kier alpha value is -1.32. The van der Waals surface area contributed by atoms with Gasteiger partial charge < -0.3 is 9.47 Å². The van der Waals surface area contributed by atoms with E-state index in [1.54, 1.807) is 6.92 Å². The lowest BCUT2D eigenvalue weighted by Crippen LogP contribution is -2.62. The van der Waals surface area contributed by atoms with Crippen molar-refractivity contribution in [3.05, 3.63) is 12.2 Å². The maximum absolute atomic E-state index is 11.9. The summed E-state index contributed by atoms with van der Waals surface area (Å²) in [7, 11) is 0. The van der Waals surface area contributed by atoms with Gasteiger partial charge in [0.1, 0.15) is 11.7 Å². The molecule has 0 aromatic rings. The Morgan fingerprint density at radius 2 is 1.53 bits per heavy atom. The van der Waals surface area contributed by atoms with Crippen LogP contribution in [-0.4, -0.2) is 23.6 Å². The summed E-state index contributed by atoms with van der Waals surface area (Å²) in [5, 5.41) is 0. The van der Waals surface area contributed by atoms with Crippen LogP contribution in [0, 0.1) is 51.2 Å². The van der Waals surface area contributed by atoms with Gasteiger partial charge in [-0.05, 0) is 124 Å². The Labute approximate surface area is 233 Å². The molecule has 0 aliphatic heterocycles. The van der Waals surface area contributed by atoms with E-state index in [4.69, 9.17) is 9.47 Å². The number of ether oxygens (including phenoxy) is 2. The van der Waals surface area contributed by atoms with Crippen LogP contribution >= 0.6 is 0 Å². The number of hydrogen-bond donors (Lipinski definition) is 0. The van der Waals surface area contributed by atoms with Crippen molar-refractivity contribution in [2.45, 2.75) is 139 Å². The van der Waals surface area contributed by atoms with Crippen LogP contribution in [0.4, 0.5) is 0 Å². The zero-order valence-electron chi connectivity index (χ0n) is 26.1. The number of allylic oxidation sites excluding steroid dienone is 1. The predicted octanol–water partition coefficient (Wildman–Crippen LogP) is 8.53. The van der Waals surface area contributed by atoms with E-state index in [0.29, 0.717) is 28.1 Å². The fourth-order valence-electron chi connectivity index (χ4n) is 11.0. The maximum atomic E-state index is 11.9. The summed E-state index contributed by atoms with van der Waals surface area (Å²) >= 11 is 0. The standard InChI is InChI=1S/C34H56O4/c1-22(12-11-18-30(4,5)38-24(3)36)25-15-20-34(10)27-13-14-28-31(6,7)29(37-23(2)35)17-19-32(28,8)26(27)16-21-33(25,34)9/h11,18,22,25-29H,12-17,19-21H2,1-10H3/b18-11+/t22-,25-,26+,27-,28+,29+,32-,33-,34+/m1/s1. The lowest BCUT2D eigenvalue weighted by atomic mass is 9.38. The van der Waals surface area contributed by atoms with Crippen LogP contribution in [0.5, 0.6) is 0 Å². The molecule has 0 spiro atoms.